The van der Waals surface area contributed by atoms with Gasteiger partial charge in [0.15, 0.2) is 11.5 Å². The number of phenolic OH excluding ortho intramolecular Hbond substituents is 1. The molecule has 0 aliphatic carbocycles. The summed E-state index contributed by atoms with van der Waals surface area (Å²) in [5.74, 6) is 0.373. The van der Waals surface area contributed by atoms with Crippen molar-refractivity contribution in [2.75, 3.05) is 13.2 Å². The summed E-state index contributed by atoms with van der Waals surface area (Å²) < 4.78 is 10.8. The number of benzene rings is 1. The molecule has 0 saturated heterocycles. The third-order valence-electron chi connectivity index (χ3n) is 2.51. The fraction of sp³-hybridized carbons (Fsp3) is 0.500. The van der Waals surface area contributed by atoms with Crippen LogP contribution in [0.5, 0.6) is 11.5 Å². The minimum atomic E-state index is -0.101. The molecule has 0 aromatic heterocycles. The highest BCUT2D eigenvalue weighted by Crippen LogP contribution is 2.37. The Bertz CT molecular complexity index is 439. The lowest BCUT2D eigenvalue weighted by atomic mass is 10.2. The molecule has 1 unspecified atom stereocenters. The molecule has 1 N–H and O–H groups in total. The fourth-order valence-electron chi connectivity index (χ4n) is 1.61. The highest BCUT2D eigenvalue weighted by Gasteiger charge is 2.13. The van der Waals surface area contributed by atoms with E-state index in [4.69, 9.17) is 32.7 Å². The van der Waals surface area contributed by atoms with Crippen LogP contribution in [0.25, 0.3) is 0 Å². The molecule has 1 rings (SSSR count). The lowest BCUT2D eigenvalue weighted by Gasteiger charge is -2.17. The Kier molecular flexibility index (Phi) is 7.13. The first-order valence-electron chi connectivity index (χ1n) is 6.32. The van der Waals surface area contributed by atoms with Gasteiger partial charge in [0.1, 0.15) is 12.4 Å². The third kappa shape index (κ3) is 5.99. The summed E-state index contributed by atoms with van der Waals surface area (Å²) >= 11 is 11.9. The Hall–Kier alpha value is -0.970. The molecule has 6 heteroatoms. The van der Waals surface area contributed by atoms with Gasteiger partial charge in [-0.3, -0.25) is 4.79 Å². The number of ketones is 1. The van der Waals surface area contributed by atoms with E-state index in [9.17, 15) is 9.90 Å². The number of hydrogen-bond acceptors (Lipinski definition) is 4. The number of aromatic hydroxyl groups is 1. The second-order valence-electron chi connectivity index (χ2n) is 4.56. The molecule has 1 atom stereocenters. The largest absolute Gasteiger partial charge is 0.508 e. The van der Waals surface area contributed by atoms with E-state index in [1.807, 2.05) is 6.92 Å². The van der Waals surface area contributed by atoms with Gasteiger partial charge in [0.25, 0.3) is 0 Å². The molecular weight excluding hydrogens is 303 g/mol. The van der Waals surface area contributed by atoms with E-state index in [1.54, 1.807) is 0 Å². The number of rotatable bonds is 8. The quantitative estimate of drug-likeness (QED) is 0.739. The lowest BCUT2D eigenvalue weighted by Crippen LogP contribution is -2.14. The van der Waals surface area contributed by atoms with E-state index in [1.165, 1.54) is 19.1 Å². The minimum Gasteiger partial charge on any atom is -0.508 e. The van der Waals surface area contributed by atoms with Crippen LogP contribution < -0.4 is 4.74 Å². The van der Waals surface area contributed by atoms with Gasteiger partial charge in [-0.2, -0.15) is 0 Å². The Balaban J connectivity index is 2.39. The van der Waals surface area contributed by atoms with E-state index in [2.05, 4.69) is 0 Å². The number of halogens is 2. The summed E-state index contributed by atoms with van der Waals surface area (Å²) in [4.78, 5) is 10.7. The van der Waals surface area contributed by atoms with Crippen molar-refractivity contribution in [2.24, 2.45) is 0 Å². The van der Waals surface area contributed by atoms with Crippen LogP contribution in [-0.2, 0) is 9.53 Å². The number of hydrogen-bond donors (Lipinski definition) is 1. The molecule has 1 aromatic rings. The maximum atomic E-state index is 10.7. The summed E-state index contributed by atoms with van der Waals surface area (Å²) in [5, 5.41) is 9.87. The van der Waals surface area contributed by atoms with Gasteiger partial charge in [0.05, 0.1) is 16.1 Å². The topological polar surface area (TPSA) is 55.8 Å². The molecule has 0 aliphatic heterocycles. The third-order valence-corrected chi connectivity index (χ3v) is 3.07. The first-order chi connectivity index (χ1) is 9.40. The van der Waals surface area contributed by atoms with Gasteiger partial charge in [-0.1, -0.05) is 23.2 Å². The Morgan fingerprint density at radius 3 is 2.50 bits per heavy atom. The minimum absolute atomic E-state index is 0.00219. The van der Waals surface area contributed by atoms with Gasteiger partial charge < -0.3 is 14.6 Å². The van der Waals surface area contributed by atoms with Crippen LogP contribution in [-0.4, -0.2) is 30.2 Å². The SMILES string of the molecule is CC(=O)COCCCC(C)Oc1c(Cl)cc(O)cc1Cl. The molecular formula is C14H18Cl2O4. The zero-order valence-corrected chi connectivity index (χ0v) is 13.0. The molecule has 112 valence electrons. The maximum Gasteiger partial charge on any atom is 0.157 e. The number of ether oxygens (including phenoxy) is 2. The summed E-state index contributed by atoms with van der Waals surface area (Å²) in [6.07, 6.45) is 1.41. The predicted molar refractivity (Wildman–Crippen MR) is 79.0 cm³/mol. The molecule has 0 heterocycles. The average Bonchev–Trinajstić information content (AvgIpc) is 2.33. The molecule has 1 aromatic carbocycles. The van der Waals surface area contributed by atoms with Crippen LogP contribution in [0.15, 0.2) is 12.1 Å². The van der Waals surface area contributed by atoms with E-state index < -0.39 is 0 Å². The van der Waals surface area contributed by atoms with Crippen LogP contribution in [0.1, 0.15) is 26.7 Å². The molecule has 4 nitrogen and oxygen atoms in total. The number of carbonyl (C=O) groups is 1. The first-order valence-corrected chi connectivity index (χ1v) is 7.07. The van der Waals surface area contributed by atoms with E-state index in [0.29, 0.717) is 12.4 Å². The van der Waals surface area contributed by atoms with E-state index >= 15 is 0 Å². The Morgan fingerprint density at radius 1 is 1.35 bits per heavy atom. The lowest BCUT2D eigenvalue weighted by molar-refractivity contribution is -0.121. The van der Waals surface area contributed by atoms with Crippen molar-refractivity contribution < 1.29 is 19.4 Å². The fourth-order valence-corrected chi connectivity index (χ4v) is 2.17. The number of phenols is 1. The zero-order chi connectivity index (χ0) is 15.1. The van der Waals surface area contributed by atoms with Crippen molar-refractivity contribution >= 4 is 29.0 Å². The molecule has 0 fully saturated rings. The van der Waals surface area contributed by atoms with Crippen LogP contribution >= 0.6 is 23.2 Å². The molecule has 0 saturated carbocycles. The second kappa shape index (κ2) is 8.35. The van der Waals surface area contributed by atoms with Crippen molar-refractivity contribution in [1.82, 2.24) is 0 Å². The standard InChI is InChI=1S/C14H18Cl2O4/c1-9(17)8-19-5-3-4-10(2)20-14-12(15)6-11(18)7-13(14)16/h6-7,10,18H,3-5,8H2,1-2H3. The van der Waals surface area contributed by atoms with Crippen LogP contribution in [0.2, 0.25) is 10.0 Å². The van der Waals surface area contributed by atoms with Crippen molar-refractivity contribution in [2.45, 2.75) is 32.8 Å². The molecule has 0 spiro atoms. The van der Waals surface area contributed by atoms with Gasteiger partial charge in [0, 0.05) is 18.7 Å². The summed E-state index contributed by atoms with van der Waals surface area (Å²) in [5.41, 5.74) is 0. The van der Waals surface area contributed by atoms with Crippen molar-refractivity contribution in [1.29, 1.82) is 0 Å². The highest BCUT2D eigenvalue weighted by atomic mass is 35.5. The van der Waals surface area contributed by atoms with Gasteiger partial charge in [-0.05, 0) is 26.7 Å². The normalized spacial score (nSPS) is 12.2. The van der Waals surface area contributed by atoms with E-state index in [-0.39, 0.29) is 34.3 Å². The van der Waals surface area contributed by atoms with Crippen LogP contribution in [0.4, 0.5) is 0 Å². The number of carbonyl (C=O) groups excluding carboxylic acids is 1. The van der Waals surface area contributed by atoms with Crippen molar-refractivity contribution in [3.05, 3.63) is 22.2 Å². The molecule has 0 aliphatic rings. The molecule has 0 radical (unpaired) electrons. The smallest absolute Gasteiger partial charge is 0.157 e. The monoisotopic (exact) mass is 320 g/mol. The number of Topliss-reactive ketones (excluding diaryl/α,β-unsaturated/α-hetero) is 1. The van der Waals surface area contributed by atoms with Crippen molar-refractivity contribution in [3.8, 4) is 11.5 Å². The molecule has 0 bridgehead atoms. The van der Waals surface area contributed by atoms with Crippen LogP contribution in [0, 0.1) is 0 Å². The van der Waals surface area contributed by atoms with Crippen LogP contribution in [0.3, 0.4) is 0 Å². The van der Waals surface area contributed by atoms with Crippen molar-refractivity contribution in [3.63, 3.8) is 0 Å². The average molecular weight is 321 g/mol. The van der Waals surface area contributed by atoms with Gasteiger partial charge in [0.2, 0.25) is 0 Å². The molecule has 20 heavy (non-hydrogen) atoms. The Morgan fingerprint density at radius 2 is 1.95 bits per heavy atom. The predicted octanol–water partition coefficient (Wildman–Crippen LogP) is 3.85. The first kappa shape index (κ1) is 17.1. The van der Waals surface area contributed by atoms with E-state index in [0.717, 1.165) is 12.8 Å². The molecule has 0 amide bonds. The summed E-state index contributed by atoms with van der Waals surface area (Å²) in [6.45, 7) is 4.03. The van der Waals surface area contributed by atoms with Gasteiger partial charge in [-0.15, -0.1) is 0 Å². The highest BCUT2D eigenvalue weighted by molar-refractivity contribution is 6.37. The van der Waals surface area contributed by atoms with Gasteiger partial charge in [-0.25, -0.2) is 0 Å². The Labute approximate surface area is 128 Å². The maximum absolute atomic E-state index is 10.7. The second-order valence-corrected chi connectivity index (χ2v) is 5.38. The summed E-state index contributed by atoms with van der Waals surface area (Å²) in [7, 11) is 0. The summed E-state index contributed by atoms with van der Waals surface area (Å²) in [6, 6.07) is 2.76. The van der Waals surface area contributed by atoms with Gasteiger partial charge >= 0.3 is 0 Å². The zero-order valence-electron chi connectivity index (χ0n) is 11.5.